The molecule has 4 heterocycles. The molecule has 3 amide bonds. The van der Waals surface area contributed by atoms with Crippen molar-refractivity contribution in [3.63, 3.8) is 0 Å². The first kappa shape index (κ1) is 20.3. The van der Waals surface area contributed by atoms with Gasteiger partial charge in [0, 0.05) is 29.5 Å². The molecule has 0 aliphatic carbocycles. The SMILES string of the molecule is CN1CCC2(CC1)COc1cc3c(cc12)CN(C1CCC(=O)NC1=O)C3=O.O=CO. The number of carbonyl (C=O) groups is 4. The van der Waals surface area contributed by atoms with Crippen LogP contribution in [-0.2, 0) is 26.3 Å². The molecule has 2 N–H and O–H groups in total. The lowest BCUT2D eigenvalue weighted by molar-refractivity contribution is -0.137. The van der Waals surface area contributed by atoms with Crippen molar-refractivity contribution in [3.05, 3.63) is 28.8 Å². The van der Waals surface area contributed by atoms with Crippen molar-refractivity contribution in [1.82, 2.24) is 15.1 Å². The van der Waals surface area contributed by atoms with Gasteiger partial charge in [0.05, 0.1) is 6.61 Å². The standard InChI is InChI=1S/C20H23N3O4.CH2O2/c1-22-6-4-20(5-7-22)11-27-16-9-13-12(8-14(16)20)10-23(19(13)26)15-2-3-17(24)21-18(15)25;2-1-3/h8-9,15H,2-7,10-11H2,1H3,(H,21,24,25);1H,(H,2,3). The predicted octanol–water partition coefficient (Wildman–Crippen LogP) is 0.504. The van der Waals surface area contributed by atoms with Crippen molar-refractivity contribution in [2.75, 3.05) is 26.7 Å². The van der Waals surface area contributed by atoms with E-state index in [-0.39, 0.29) is 36.0 Å². The first-order valence-electron chi connectivity index (χ1n) is 10.1. The Morgan fingerprint density at radius 1 is 1.23 bits per heavy atom. The Morgan fingerprint density at radius 3 is 2.60 bits per heavy atom. The normalized spacial score (nSPS) is 24.5. The van der Waals surface area contributed by atoms with Crippen molar-refractivity contribution in [2.24, 2.45) is 0 Å². The first-order chi connectivity index (χ1) is 14.4. The summed E-state index contributed by atoms with van der Waals surface area (Å²) in [6.45, 7) is 2.94. The van der Waals surface area contributed by atoms with E-state index in [1.165, 1.54) is 5.56 Å². The van der Waals surface area contributed by atoms with Gasteiger partial charge in [0.15, 0.2) is 0 Å². The molecule has 0 saturated carbocycles. The maximum absolute atomic E-state index is 12.9. The fourth-order valence-electron chi connectivity index (χ4n) is 4.88. The zero-order valence-electron chi connectivity index (χ0n) is 16.8. The van der Waals surface area contributed by atoms with Gasteiger partial charge in [-0.05, 0) is 57.1 Å². The number of imide groups is 1. The second kappa shape index (κ2) is 7.71. The summed E-state index contributed by atoms with van der Waals surface area (Å²) >= 11 is 0. The maximum atomic E-state index is 12.9. The van der Waals surface area contributed by atoms with Gasteiger partial charge in [0.25, 0.3) is 12.4 Å². The third kappa shape index (κ3) is 3.32. The lowest BCUT2D eigenvalue weighted by Crippen LogP contribution is -2.52. The minimum atomic E-state index is -0.573. The Bertz CT molecular complexity index is 906. The smallest absolute Gasteiger partial charge is 0.290 e. The highest BCUT2D eigenvalue weighted by atomic mass is 16.5. The highest BCUT2D eigenvalue weighted by Crippen LogP contribution is 2.47. The number of nitrogens with zero attached hydrogens (tertiary/aromatic N) is 2. The third-order valence-electron chi connectivity index (χ3n) is 6.64. The molecule has 1 aromatic carbocycles. The molecule has 4 aliphatic rings. The molecule has 0 radical (unpaired) electrons. The highest BCUT2D eigenvalue weighted by molar-refractivity contribution is 6.05. The molecule has 5 rings (SSSR count). The molecular weight excluding hydrogens is 390 g/mol. The summed E-state index contributed by atoms with van der Waals surface area (Å²) in [5.74, 6) is 0.0342. The predicted molar refractivity (Wildman–Crippen MR) is 105 cm³/mol. The second-order valence-electron chi connectivity index (χ2n) is 8.38. The summed E-state index contributed by atoms with van der Waals surface area (Å²) in [7, 11) is 2.14. The molecule has 1 unspecified atom stereocenters. The lowest BCUT2D eigenvalue weighted by Gasteiger charge is -2.36. The van der Waals surface area contributed by atoms with E-state index in [1.54, 1.807) is 4.90 Å². The van der Waals surface area contributed by atoms with E-state index in [4.69, 9.17) is 14.6 Å². The van der Waals surface area contributed by atoms with Crippen LogP contribution in [0.3, 0.4) is 0 Å². The van der Waals surface area contributed by atoms with Crippen LogP contribution in [0.1, 0.15) is 47.2 Å². The minimum Gasteiger partial charge on any atom is -0.492 e. The molecule has 1 spiro atoms. The summed E-state index contributed by atoms with van der Waals surface area (Å²) < 4.78 is 6.00. The summed E-state index contributed by atoms with van der Waals surface area (Å²) in [4.78, 5) is 48.8. The number of amides is 3. The Balaban J connectivity index is 0.000000687. The average Bonchev–Trinajstić information content (AvgIpc) is 3.22. The van der Waals surface area contributed by atoms with E-state index in [9.17, 15) is 14.4 Å². The molecule has 2 saturated heterocycles. The third-order valence-corrected chi connectivity index (χ3v) is 6.64. The van der Waals surface area contributed by atoms with Crippen LogP contribution in [0.4, 0.5) is 0 Å². The van der Waals surface area contributed by atoms with Gasteiger partial charge < -0.3 is 19.6 Å². The number of nitrogens with one attached hydrogen (secondary N) is 1. The average molecular weight is 415 g/mol. The Hall–Kier alpha value is -2.94. The zero-order chi connectivity index (χ0) is 21.5. The van der Waals surface area contributed by atoms with E-state index in [1.807, 2.05) is 6.07 Å². The van der Waals surface area contributed by atoms with Crippen LogP contribution in [-0.4, -0.2) is 71.9 Å². The van der Waals surface area contributed by atoms with Gasteiger partial charge in [0.1, 0.15) is 11.8 Å². The fraction of sp³-hybridized carbons (Fsp3) is 0.524. The van der Waals surface area contributed by atoms with Gasteiger partial charge in [-0.2, -0.15) is 0 Å². The van der Waals surface area contributed by atoms with Crippen LogP contribution in [0.25, 0.3) is 0 Å². The summed E-state index contributed by atoms with van der Waals surface area (Å²) in [6.07, 6.45) is 2.77. The number of likely N-dealkylation sites (tertiary alicyclic amines) is 1. The lowest BCUT2D eigenvalue weighted by atomic mass is 9.74. The van der Waals surface area contributed by atoms with Gasteiger partial charge in [-0.3, -0.25) is 24.5 Å². The molecule has 9 nitrogen and oxygen atoms in total. The van der Waals surface area contributed by atoms with E-state index >= 15 is 0 Å². The molecule has 9 heteroatoms. The fourth-order valence-corrected chi connectivity index (χ4v) is 4.88. The molecule has 2 fully saturated rings. The summed E-state index contributed by atoms with van der Waals surface area (Å²) in [5, 5.41) is 9.24. The number of carboxylic acid groups (broad SMARTS) is 1. The van der Waals surface area contributed by atoms with Crippen LogP contribution in [0.15, 0.2) is 12.1 Å². The monoisotopic (exact) mass is 415 g/mol. The molecule has 30 heavy (non-hydrogen) atoms. The number of carbonyl (C=O) groups excluding carboxylic acids is 3. The van der Waals surface area contributed by atoms with Crippen LogP contribution < -0.4 is 10.1 Å². The maximum Gasteiger partial charge on any atom is 0.290 e. The zero-order valence-corrected chi connectivity index (χ0v) is 16.8. The van der Waals surface area contributed by atoms with E-state index in [0.29, 0.717) is 25.1 Å². The Morgan fingerprint density at radius 2 is 1.93 bits per heavy atom. The number of hydrogen-bond donors (Lipinski definition) is 2. The van der Waals surface area contributed by atoms with Crippen LogP contribution in [0, 0.1) is 0 Å². The molecule has 1 aromatic rings. The highest BCUT2D eigenvalue weighted by Gasteiger charge is 2.45. The number of benzene rings is 1. The first-order valence-corrected chi connectivity index (χ1v) is 10.1. The van der Waals surface area contributed by atoms with Crippen LogP contribution >= 0.6 is 0 Å². The van der Waals surface area contributed by atoms with Crippen molar-refractivity contribution >= 4 is 24.2 Å². The van der Waals surface area contributed by atoms with Crippen molar-refractivity contribution < 1.29 is 29.0 Å². The number of fused-ring (bicyclic) bond motifs is 3. The minimum absolute atomic E-state index is 0.0436. The molecule has 1 atom stereocenters. The summed E-state index contributed by atoms with van der Waals surface area (Å²) in [5.41, 5.74) is 2.85. The summed E-state index contributed by atoms with van der Waals surface area (Å²) in [6, 6.07) is 3.43. The van der Waals surface area contributed by atoms with Crippen molar-refractivity contribution in [3.8, 4) is 5.75 Å². The largest absolute Gasteiger partial charge is 0.492 e. The number of rotatable bonds is 1. The van der Waals surface area contributed by atoms with Gasteiger partial charge in [-0.15, -0.1) is 0 Å². The number of piperidine rings is 2. The van der Waals surface area contributed by atoms with Gasteiger partial charge in [-0.25, -0.2) is 0 Å². The van der Waals surface area contributed by atoms with E-state index in [0.717, 1.165) is 37.2 Å². The van der Waals surface area contributed by atoms with Crippen molar-refractivity contribution in [1.29, 1.82) is 0 Å². The quantitative estimate of drug-likeness (QED) is 0.507. The van der Waals surface area contributed by atoms with Crippen molar-refractivity contribution in [2.45, 2.75) is 43.7 Å². The topological polar surface area (TPSA) is 116 Å². The van der Waals surface area contributed by atoms with E-state index < -0.39 is 6.04 Å². The molecule has 4 aliphatic heterocycles. The second-order valence-corrected chi connectivity index (χ2v) is 8.38. The Kier molecular flexibility index (Phi) is 5.23. The van der Waals surface area contributed by atoms with Gasteiger partial charge in [0.2, 0.25) is 11.8 Å². The number of hydrogen-bond acceptors (Lipinski definition) is 6. The van der Waals surface area contributed by atoms with Crippen LogP contribution in [0.5, 0.6) is 5.75 Å². The number of ether oxygens (including phenoxy) is 1. The molecule has 0 bridgehead atoms. The molecule has 160 valence electrons. The van der Waals surface area contributed by atoms with Crippen LogP contribution in [0.2, 0.25) is 0 Å². The molecular formula is C21H25N3O6. The molecule has 0 aromatic heterocycles. The van der Waals surface area contributed by atoms with Gasteiger partial charge >= 0.3 is 0 Å². The van der Waals surface area contributed by atoms with E-state index in [2.05, 4.69) is 23.3 Å². The Labute approximate surface area is 174 Å². The van der Waals surface area contributed by atoms with Gasteiger partial charge in [-0.1, -0.05) is 0 Å².